The standard InChI is InChI=1S/C15H12N2O3/c1-2-14-16-15(20-17-14)11-5-3-4-10(8-11)13-7-6-12(9-18)19-13/h3-9H,2H2,1H3. The van der Waals surface area contributed by atoms with Crippen LogP contribution in [-0.4, -0.2) is 16.4 Å². The molecule has 0 aliphatic heterocycles. The monoisotopic (exact) mass is 268 g/mol. The summed E-state index contributed by atoms with van der Waals surface area (Å²) in [4.78, 5) is 14.9. The van der Waals surface area contributed by atoms with E-state index in [2.05, 4.69) is 10.1 Å². The summed E-state index contributed by atoms with van der Waals surface area (Å²) in [5, 5.41) is 3.87. The molecule has 0 amide bonds. The van der Waals surface area contributed by atoms with E-state index in [4.69, 9.17) is 8.94 Å². The summed E-state index contributed by atoms with van der Waals surface area (Å²) < 4.78 is 10.6. The maximum absolute atomic E-state index is 10.6. The summed E-state index contributed by atoms with van der Waals surface area (Å²) in [5.41, 5.74) is 1.67. The second-order valence-electron chi connectivity index (χ2n) is 4.27. The van der Waals surface area contributed by atoms with Crippen LogP contribution >= 0.6 is 0 Å². The number of benzene rings is 1. The molecule has 0 saturated heterocycles. The molecule has 20 heavy (non-hydrogen) atoms. The maximum Gasteiger partial charge on any atom is 0.257 e. The van der Waals surface area contributed by atoms with Crippen molar-refractivity contribution in [2.45, 2.75) is 13.3 Å². The molecule has 0 aliphatic carbocycles. The number of aromatic nitrogens is 2. The summed E-state index contributed by atoms with van der Waals surface area (Å²) in [6.45, 7) is 1.97. The van der Waals surface area contributed by atoms with E-state index in [9.17, 15) is 4.79 Å². The molecule has 3 rings (SSSR count). The Morgan fingerprint density at radius 1 is 1.20 bits per heavy atom. The Morgan fingerprint density at radius 2 is 2.05 bits per heavy atom. The van der Waals surface area contributed by atoms with E-state index in [1.807, 2.05) is 31.2 Å². The van der Waals surface area contributed by atoms with Crippen LogP contribution in [0.15, 0.2) is 45.3 Å². The largest absolute Gasteiger partial charge is 0.453 e. The number of aryl methyl sites for hydroxylation is 1. The third-order valence-electron chi connectivity index (χ3n) is 2.92. The quantitative estimate of drug-likeness (QED) is 0.678. The minimum atomic E-state index is 0.302. The van der Waals surface area contributed by atoms with Crippen molar-refractivity contribution >= 4 is 6.29 Å². The van der Waals surface area contributed by atoms with Crippen LogP contribution in [0.2, 0.25) is 0 Å². The van der Waals surface area contributed by atoms with Crippen LogP contribution in [0.4, 0.5) is 0 Å². The predicted molar refractivity (Wildman–Crippen MR) is 72.2 cm³/mol. The van der Waals surface area contributed by atoms with Crippen LogP contribution in [0.25, 0.3) is 22.8 Å². The van der Waals surface area contributed by atoms with Crippen LogP contribution < -0.4 is 0 Å². The van der Waals surface area contributed by atoms with E-state index in [0.29, 0.717) is 29.5 Å². The van der Waals surface area contributed by atoms with E-state index in [1.165, 1.54) is 0 Å². The van der Waals surface area contributed by atoms with Gasteiger partial charge in [-0.25, -0.2) is 0 Å². The van der Waals surface area contributed by atoms with Gasteiger partial charge in [0.05, 0.1) is 0 Å². The number of hydrogen-bond acceptors (Lipinski definition) is 5. The van der Waals surface area contributed by atoms with Gasteiger partial charge in [0, 0.05) is 17.5 Å². The average molecular weight is 268 g/mol. The first-order valence-corrected chi connectivity index (χ1v) is 6.28. The van der Waals surface area contributed by atoms with Crippen molar-refractivity contribution in [2.24, 2.45) is 0 Å². The molecular weight excluding hydrogens is 256 g/mol. The lowest BCUT2D eigenvalue weighted by molar-refractivity contribution is 0.110. The van der Waals surface area contributed by atoms with Gasteiger partial charge < -0.3 is 8.94 Å². The van der Waals surface area contributed by atoms with Crippen LogP contribution in [0.3, 0.4) is 0 Å². The fourth-order valence-electron chi connectivity index (χ4n) is 1.89. The van der Waals surface area contributed by atoms with Gasteiger partial charge in [-0.05, 0) is 24.3 Å². The Kier molecular flexibility index (Phi) is 3.16. The highest BCUT2D eigenvalue weighted by Gasteiger charge is 2.10. The van der Waals surface area contributed by atoms with E-state index < -0.39 is 0 Å². The minimum Gasteiger partial charge on any atom is -0.453 e. The van der Waals surface area contributed by atoms with Gasteiger partial charge in [-0.15, -0.1) is 0 Å². The zero-order chi connectivity index (χ0) is 13.9. The lowest BCUT2D eigenvalue weighted by Crippen LogP contribution is -1.83. The van der Waals surface area contributed by atoms with Crippen molar-refractivity contribution < 1.29 is 13.7 Å². The average Bonchev–Trinajstić information content (AvgIpc) is 3.16. The molecule has 0 aliphatic rings. The Labute approximate surface area is 115 Å². The van der Waals surface area contributed by atoms with Crippen molar-refractivity contribution in [3.8, 4) is 22.8 Å². The van der Waals surface area contributed by atoms with E-state index in [-0.39, 0.29) is 0 Å². The Morgan fingerprint density at radius 3 is 2.75 bits per heavy atom. The molecular formula is C15H12N2O3. The number of aldehydes is 1. The molecule has 3 aromatic rings. The molecule has 0 radical (unpaired) electrons. The molecule has 0 N–H and O–H groups in total. The van der Waals surface area contributed by atoms with Crippen LogP contribution in [0.5, 0.6) is 0 Å². The lowest BCUT2D eigenvalue weighted by atomic mass is 10.1. The summed E-state index contributed by atoms with van der Waals surface area (Å²) in [6, 6.07) is 10.9. The van der Waals surface area contributed by atoms with Gasteiger partial charge in [0.2, 0.25) is 0 Å². The first kappa shape index (κ1) is 12.3. The van der Waals surface area contributed by atoms with E-state index in [1.54, 1.807) is 12.1 Å². The SMILES string of the molecule is CCc1noc(-c2cccc(-c3ccc(C=O)o3)c2)n1. The van der Waals surface area contributed by atoms with Crippen molar-refractivity contribution in [3.63, 3.8) is 0 Å². The second kappa shape index (κ2) is 5.13. The first-order chi connectivity index (χ1) is 9.80. The minimum absolute atomic E-state index is 0.302. The lowest BCUT2D eigenvalue weighted by Gasteiger charge is -1.99. The number of rotatable bonds is 4. The van der Waals surface area contributed by atoms with Gasteiger partial charge in [0.15, 0.2) is 17.9 Å². The summed E-state index contributed by atoms with van der Waals surface area (Å²) in [7, 11) is 0. The highest BCUT2D eigenvalue weighted by molar-refractivity contribution is 5.73. The Hall–Kier alpha value is -2.69. The summed E-state index contributed by atoms with van der Waals surface area (Å²) in [5.74, 6) is 2.08. The van der Waals surface area contributed by atoms with Crippen molar-refractivity contribution in [3.05, 3.63) is 48.0 Å². The number of hydrogen-bond donors (Lipinski definition) is 0. The van der Waals surface area contributed by atoms with Crippen LogP contribution in [0, 0.1) is 0 Å². The molecule has 1 aromatic carbocycles. The molecule has 2 heterocycles. The first-order valence-electron chi connectivity index (χ1n) is 6.28. The highest BCUT2D eigenvalue weighted by Crippen LogP contribution is 2.26. The predicted octanol–water partition coefficient (Wildman–Crippen LogP) is 3.37. The summed E-state index contributed by atoms with van der Waals surface area (Å²) >= 11 is 0. The van der Waals surface area contributed by atoms with Gasteiger partial charge in [-0.3, -0.25) is 4.79 Å². The third kappa shape index (κ3) is 2.25. The van der Waals surface area contributed by atoms with Gasteiger partial charge in [0.1, 0.15) is 5.76 Å². The highest BCUT2D eigenvalue weighted by atomic mass is 16.5. The fraction of sp³-hybridized carbons (Fsp3) is 0.133. The zero-order valence-corrected chi connectivity index (χ0v) is 10.9. The van der Waals surface area contributed by atoms with Gasteiger partial charge in [0.25, 0.3) is 5.89 Å². The molecule has 5 heteroatoms. The smallest absolute Gasteiger partial charge is 0.257 e. The number of carbonyl (C=O) groups is 1. The van der Waals surface area contributed by atoms with Crippen molar-refractivity contribution in [1.82, 2.24) is 10.1 Å². The normalized spacial score (nSPS) is 10.7. The molecule has 0 fully saturated rings. The molecule has 0 atom stereocenters. The van der Waals surface area contributed by atoms with Gasteiger partial charge in [-0.2, -0.15) is 4.98 Å². The van der Waals surface area contributed by atoms with Crippen LogP contribution in [0.1, 0.15) is 23.3 Å². The topological polar surface area (TPSA) is 69.1 Å². The van der Waals surface area contributed by atoms with E-state index >= 15 is 0 Å². The molecule has 0 saturated carbocycles. The van der Waals surface area contributed by atoms with E-state index in [0.717, 1.165) is 17.5 Å². The maximum atomic E-state index is 10.6. The van der Waals surface area contributed by atoms with Gasteiger partial charge in [-0.1, -0.05) is 24.2 Å². The molecule has 0 unspecified atom stereocenters. The number of nitrogens with zero attached hydrogens (tertiary/aromatic N) is 2. The molecule has 0 spiro atoms. The molecule has 5 nitrogen and oxygen atoms in total. The fourth-order valence-corrected chi connectivity index (χ4v) is 1.89. The number of furan rings is 1. The number of carbonyl (C=O) groups excluding carboxylic acids is 1. The van der Waals surface area contributed by atoms with Crippen molar-refractivity contribution in [1.29, 1.82) is 0 Å². The second-order valence-corrected chi connectivity index (χ2v) is 4.27. The Balaban J connectivity index is 1.98. The molecule has 2 aromatic heterocycles. The molecule has 100 valence electrons. The Bertz CT molecular complexity index is 743. The third-order valence-corrected chi connectivity index (χ3v) is 2.92. The van der Waals surface area contributed by atoms with Gasteiger partial charge >= 0.3 is 0 Å². The molecule has 0 bridgehead atoms. The van der Waals surface area contributed by atoms with Crippen LogP contribution in [-0.2, 0) is 6.42 Å². The zero-order valence-electron chi connectivity index (χ0n) is 10.9. The van der Waals surface area contributed by atoms with Crippen molar-refractivity contribution in [2.75, 3.05) is 0 Å². The summed E-state index contributed by atoms with van der Waals surface area (Å²) in [6.07, 6.45) is 1.41.